The molecule has 0 aliphatic rings. The molecule has 6 N–H and O–H groups in total. The van der Waals surface area contributed by atoms with E-state index in [-0.39, 0.29) is 23.7 Å². The second kappa shape index (κ2) is 12.5. The number of rotatable bonds is 12. The molecule has 28 heavy (non-hydrogen) atoms. The van der Waals surface area contributed by atoms with Gasteiger partial charge in [-0.15, -0.1) is 0 Å². The number of nitrogens with two attached hydrogens (primary N) is 2. The van der Waals surface area contributed by atoms with Crippen LogP contribution in [0.3, 0.4) is 0 Å². The zero-order valence-corrected chi connectivity index (χ0v) is 16.6. The van der Waals surface area contributed by atoms with Gasteiger partial charge in [-0.05, 0) is 24.3 Å². The minimum Gasteiger partial charge on any atom is -0.370 e. The first-order valence-electron chi connectivity index (χ1n) is 9.46. The first-order valence-corrected chi connectivity index (χ1v) is 9.46. The zero-order valence-electron chi connectivity index (χ0n) is 16.6. The summed E-state index contributed by atoms with van der Waals surface area (Å²) < 4.78 is 0. The summed E-state index contributed by atoms with van der Waals surface area (Å²) in [6.45, 7) is 4.25. The number of guanidine groups is 1. The van der Waals surface area contributed by atoms with E-state index in [0.717, 1.165) is 5.56 Å². The maximum absolute atomic E-state index is 12.7. The van der Waals surface area contributed by atoms with Gasteiger partial charge in [-0.3, -0.25) is 14.6 Å². The van der Waals surface area contributed by atoms with Crippen LogP contribution in [0.4, 0.5) is 0 Å². The van der Waals surface area contributed by atoms with Crippen molar-refractivity contribution < 1.29 is 14.4 Å². The maximum atomic E-state index is 12.7. The molecule has 1 rings (SSSR count). The lowest BCUT2D eigenvalue weighted by molar-refractivity contribution is -0.130. The lowest BCUT2D eigenvalue weighted by Crippen LogP contribution is -2.51. The summed E-state index contributed by atoms with van der Waals surface area (Å²) in [5.41, 5.74) is 11.4. The van der Waals surface area contributed by atoms with Crippen LogP contribution in [0.5, 0.6) is 0 Å². The Labute approximate surface area is 166 Å². The minimum atomic E-state index is -0.756. The highest BCUT2D eigenvalue weighted by atomic mass is 16.2. The molecule has 0 spiro atoms. The molecule has 2 amide bonds. The fourth-order valence-corrected chi connectivity index (χ4v) is 2.66. The van der Waals surface area contributed by atoms with Gasteiger partial charge in [-0.25, -0.2) is 0 Å². The summed E-state index contributed by atoms with van der Waals surface area (Å²) in [6.07, 6.45) is 2.31. The van der Waals surface area contributed by atoms with E-state index < -0.39 is 12.1 Å². The number of nitrogens with zero attached hydrogens (tertiary/aromatic N) is 1. The lowest BCUT2D eigenvalue weighted by Gasteiger charge is -2.21. The molecule has 0 aliphatic heterocycles. The van der Waals surface area contributed by atoms with E-state index in [4.69, 9.17) is 11.5 Å². The van der Waals surface area contributed by atoms with Crippen LogP contribution in [0.1, 0.15) is 38.7 Å². The van der Waals surface area contributed by atoms with Crippen molar-refractivity contribution in [2.24, 2.45) is 22.4 Å². The number of amides is 2. The first-order chi connectivity index (χ1) is 13.3. The van der Waals surface area contributed by atoms with E-state index in [1.165, 1.54) is 0 Å². The summed E-state index contributed by atoms with van der Waals surface area (Å²) in [6, 6.07) is 7.99. The average Bonchev–Trinajstić information content (AvgIpc) is 2.63. The topological polar surface area (TPSA) is 140 Å². The van der Waals surface area contributed by atoms with Crippen molar-refractivity contribution in [3.63, 3.8) is 0 Å². The smallest absolute Gasteiger partial charge is 0.243 e. The van der Waals surface area contributed by atoms with Crippen LogP contribution in [0.25, 0.3) is 0 Å². The third-order valence-electron chi connectivity index (χ3n) is 3.99. The average molecular weight is 390 g/mol. The third-order valence-corrected chi connectivity index (χ3v) is 3.99. The Kier molecular flexibility index (Phi) is 10.3. The second-order valence-electron chi connectivity index (χ2n) is 7.11. The molecule has 154 valence electrons. The molecule has 2 atom stereocenters. The van der Waals surface area contributed by atoms with Crippen LogP contribution in [0.2, 0.25) is 0 Å². The molecular weight excluding hydrogens is 358 g/mol. The molecule has 0 unspecified atom stereocenters. The van der Waals surface area contributed by atoms with Crippen LogP contribution in [0.15, 0.2) is 35.3 Å². The van der Waals surface area contributed by atoms with E-state index in [0.29, 0.717) is 38.5 Å². The number of hydrogen-bond acceptors (Lipinski definition) is 4. The number of carbonyl (C=O) groups excluding carboxylic acids is 3. The molecule has 0 bridgehead atoms. The monoisotopic (exact) mass is 389 g/mol. The highest BCUT2D eigenvalue weighted by molar-refractivity contribution is 5.89. The molecule has 8 heteroatoms. The summed E-state index contributed by atoms with van der Waals surface area (Å²) in [7, 11) is 0. The standard InChI is InChI=1S/C20H31N5O3/c1-14(2)11-18(27)25-17(12-15-7-4-3-5-8-15)19(28)24-16(13-26)9-6-10-23-20(21)22/h3-5,7-8,13-14,16-17H,6,9-12H2,1-2H3,(H,24,28)(H,25,27)(H4,21,22,23)/t16-,17-/m0/s1. The van der Waals surface area contributed by atoms with Crippen molar-refractivity contribution in [2.75, 3.05) is 6.54 Å². The molecule has 0 saturated heterocycles. The molecule has 1 aromatic carbocycles. The Morgan fingerprint density at radius 3 is 2.39 bits per heavy atom. The highest BCUT2D eigenvalue weighted by Gasteiger charge is 2.23. The summed E-state index contributed by atoms with van der Waals surface area (Å²) >= 11 is 0. The third kappa shape index (κ3) is 9.70. The summed E-state index contributed by atoms with van der Waals surface area (Å²) in [4.78, 5) is 40.1. The Hall–Kier alpha value is -2.90. The van der Waals surface area contributed by atoms with Crippen molar-refractivity contribution in [1.29, 1.82) is 0 Å². The van der Waals surface area contributed by atoms with Gasteiger partial charge in [-0.1, -0.05) is 44.2 Å². The maximum Gasteiger partial charge on any atom is 0.243 e. The van der Waals surface area contributed by atoms with Gasteiger partial charge in [0.05, 0.1) is 6.04 Å². The van der Waals surface area contributed by atoms with Gasteiger partial charge in [0.2, 0.25) is 11.8 Å². The largest absolute Gasteiger partial charge is 0.370 e. The minimum absolute atomic E-state index is 0.0116. The molecule has 8 nitrogen and oxygen atoms in total. The van der Waals surface area contributed by atoms with Gasteiger partial charge >= 0.3 is 0 Å². The van der Waals surface area contributed by atoms with Crippen LogP contribution in [-0.4, -0.2) is 42.7 Å². The van der Waals surface area contributed by atoms with Crippen molar-refractivity contribution in [3.05, 3.63) is 35.9 Å². The van der Waals surface area contributed by atoms with E-state index in [2.05, 4.69) is 15.6 Å². The number of carbonyl (C=O) groups is 3. The molecule has 0 aliphatic carbocycles. The molecular formula is C20H31N5O3. The normalized spacial score (nSPS) is 12.7. The SMILES string of the molecule is CC(C)CC(=O)N[C@@H](Cc1ccccc1)C(=O)N[C@H](C=O)CCCN=C(N)N. The number of nitrogens with one attached hydrogen (secondary N) is 2. The van der Waals surface area contributed by atoms with E-state index in [1.807, 2.05) is 44.2 Å². The Balaban J connectivity index is 2.74. The number of hydrogen-bond donors (Lipinski definition) is 4. The molecule has 0 saturated carbocycles. The quantitative estimate of drug-likeness (QED) is 0.178. The van der Waals surface area contributed by atoms with Crippen LogP contribution < -0.4 is 22.1 Å². The lowest BCUT2D eigenvalue weighted by atomic mass is 10.0. The highest BCUT2D eigenvalue weighted by Crippen LogP contribution is 2.06. The van der Waals surface area contributed by atoms with Gasteiger partial charge in [0, 0.05) is 19.4 Å². The van der Waals surface area contributed by atoms with E-state index in [9.17, 15) is 14.4 Å². The van der Waals surface area contributed by atoms with E-state index in [1.54, 1.807) is 0 Å². The fraction of sp³-hybridized carbons (Fsp3) is 0.500. The van der Waals surface area contributed by atoms with Crippen molar-refractivity contribution in [1.82, 2.24) is 10.6 Å². The van der Waals surface area contributed by atoms with Gasteiger partial charge in [0.1, 0.15) is 12.3 Å². The van der Waals surface area contributed by atoms with Crippen molar-refractivity contribution in [3.8, 4) is 0 Å². The Morgan fingerprint density at radius 2 is 1.82 bits per heavy atom. The van der Waals surface area contributed by atoms with Crippen molar-refractivity contribution in [2.45, 2.75) is 51.6 Å². The number of aliphatic imine (C=N–C) groups is 1. The van der Waals surface area contributed by atoms with Gasteiger partial charge < -0.3 is 26.9 Å². The number of benzene rings is 1. The molecule has 0 radical (unpaired) electrons. The summed E-state index contributed by atoms with van der Waals surface area (Å²) in [5, 5.41) is 5.49. The van der Waals surface area contributed by atoms with Crippen LogP contribution in [-0.2, 0) is 20.8 Å². The van der Waals surface area contributed by atoms with Crippen LogP contribution in [0, 0.1) is 5.92 Å². The Morgan fingerprint density at radius 1 is 1.14 bits per heavy atom. The summed E-state index contributed by atoms with van der Waals surface area (Å²) in [5.74, 6) is -0.414. The molecule has 0 fully saturated rings. The Bertz CT molecular complexity index is 657. The van der Waals surface area contributed by atoms with Crippen LogP contribution >= 0.6 is 0 Å². The number of aldehydes is 1. The molecule has 0 aromatic heterocycles. The fourth-order valence-electron chi connectivity index (χ4n) is 2.66. The predicted octanol–water partition coefficient (Wildman–Crippen LogP) is 0.497. The first kappa shape index (κ1) is 23.1. The van der Waals surface area contributed by atoms with Gasteiger partial charge in [-0.2, -0.15) is 0 Å². The zero-order chi connectivity index (χ0) is 20.9. The van der Waals surface area contributed by atoms with Gasteiger partial charge in [0.15, 0.2) is 5.96 Å². The van der Waals surface area contributed by atoms with E-state index >= 15 is 0 Å². The molecule has 1 aromatic rings. The van der Waals surface area contributed by atoms with Crippen molar-refractivity contribution >= 4 is 24.1 Å². The molecule has 0 heterocycles. The predicted molar refractivity (Wildman–Crippen MR) is 109 cm³/mol. The second-order valence-corrected chi connectivity index (χ2v) is 7.11. The van der Waals surface area contributed by atoms with Gasteiger partial charge in [0.25, 0.3) is 0 Å².